The fourth-order valence-electron chi connectivity index (χ4n) is 2.27. The van der Waals surface area contributed by atoms with Crippen molar-refractivity contribution in [1.29, 1.82) is 0 Å². The van der Waals surface area contributed by atoms with Crippen molar-refractivity contribution >= 4 is 12.0 Å². The molecular weight excluding hydrogens is 342 g/mol. The summed E-state index contributed by atoms with van der Waals surface area (Å²) in [5.41, 5.74) is -2.72. The monoisotopic (exact) mass is 359 g/mol. The molecule has 138 valence electrons. The average molecular weight is 359 g/mol. The van der Waals surface area contributed by atoms with E-state index in [2.05, 4.69) is 4.74 Å². The standard InChI is InChI=1S/C13H17N3O9/c1-2-24-13(23)15-10(21)5-3-16(12(22)14-9(5)20)11-8(19)7(18)6(4-17)25-11/h3,6-8,11,17-19H,2,4H2,1H3,(H,14,20,22)(H,15,21,23)/t6-,7+,8+,11-/m0/s1. The van der Waals surface area contributed by atoms with Crippen molar-refractivity contribution in [2.24, 2.45) is 0 Å². The number of aromatic amines is 1. The third kappa shape index (κ3) is 3.76. The Kier molecular flexibility index (Phi) is 5.69. The lowest BCUT2D eigenvalue weighted by molar-refractivity contribution is -0.0551. The quantitative estimate of drug-likeness (QED) is 0.375. The first kappa shape index (κ1) is 18.8. The Balaban J connectivity index is 2.35. The molecule has 0 unspecified atom stereocenters. The molecule has 2 rings (SSSR count). The van der Waals surface area contributed by atoms with E-state index in [-0.39, 0.29) is 6.61 Å². The molecule has 1 saturated heterocycles. The Labute approximate surface area is 139 Å². The van der Waals surface area contributed by atoms with E-state index in [1.807, 2.05) is 4.98 Å². The Morgan fingerprint density at radius 3 is 2.60 bits per heavy atom. The van der Waals surface area contributed by atoms with Crippen LogP contribution in [-0.2, 0) is 9.47 Å². The number of H-pyrrole nitrogens is 1. The molecule has 25 heavy (non-hydrogen) atoms. The van der Waals surface area contributed by atoms with Crippen LogP contribution in [0.15, 0.2) is 15.8 Å². The van der Waals surface area contributed by atoms with E-state index >= 15 is 0 Å². The Morgan fingerprint density at radius 2 is 2.04 bits per heavy atom. The van der Waals surface area contributed by atoms with Gasteiger partial charge in [0, 0.05) is 6.20 Å². The molecule has 1 aromatic heterocycles. The maximum absolute atomic E-state index is 12.0. The van der Waals surface area contributed by atoms with Gasteiger partial charge in [0.2, 0.25) is 0 Å². The average Bonchev–Trinajstić information content (AvgIpc) is 2.83. The highest BCUT2D eigenvalue weighted by molar-refractivity contribution is 6.02. The third-order valence-corrected chi connectivity index (χ3v) is 3.49. The molecule has 0 aliphatic carbocycles. The summed E-state index contributed by atoms with van der Waals surface area (Å²) >= 11 is 0. The van der Waals surface area contributed by atoms with Gasteiger partial charge in [-0.3, -0.25) is 24.5 Å². The SMILES string of the molecule is CCOC(=O)NC(=O)c1cn([C@H]2O[C@@H](CO)[C@@H](O)[C@H]2O)c(=O)[nH]c1=O. The number of rotatable bonds is 4. The predicted molar refractivity (Wildman–Crippen MR) is 78.8 cm³/mol. The number of aliphatic hydroxyl groups is 3. The molecule has 0 spiro atoms. The van der Waals surface area contributed by atoms with Crippen LogP contribution in [0.25, 0.3) is 0 Å². The Morgan fingerprint density at radius 1 is 1.36 bits per heavy atom. The van der Waals surface area contributed by atoms with E-state index < -0.39 is 60.0 Å². The van der Waals surface area contributed by atoms with Gasteiger partial charge < -0.3 is 24.8 Å². The van der Waals surface area contributed by atoms with E-state index in [1.165, 1.54) is 6.92 Å². The fraction of sp³-hybridized carbons (Fsp3) is 0.538. The second kappa shape index (κ2) is 7.57. The number of ether oxygens (including phenoxy) is 2. The van der Waals surface area contributed by atoms with E-state index in [0.717, 1.165) is 6.20 Å². The maximum atomic E-state index is 12.0. The highest BCUT2D eigenvalue weighted by Gasteiger charge is 2.44. The minimum atomic E-state index is -1.60. The summed E-state index contributed by atoms with van der Waals surface area (Å²) in [6, 6.07) is 0. The molecule has 12 heteroatoms. The molecule has 0 radical (unpaired) electrons. The number of hydrogen-bond acceptors (Lipinski definition) is 9. The number of carbonyl (C=O) groups excluding carboxylic acids is 2. The van der Waals surface area contributed by atoms with Gasteiger partial charge in [-0.2, -0.15) is 0 Å². The number of amides is 2. The summed E-state index contributed by atoms with van der Waals surface area (Å²) in [6.45, 7) is 0.888. The Bertz CT molecular complexity index is 771. The summed E-state index contributed by atoms with van der Waals surface area (Å²) in [5, 5.41) is 30.5. The van der Waals surface area contributed by atoms with Crippen LogP contribution in [0.4, 0.5) is 4.79 Å². The van der Waals surface area contributed by atoms with E-state index in [4.69, 9.17) is 9.84 Å². The first-order chi connectivity index (χ1) is 11.8. The van der Waals surface area contributed by atoms with Crippen LogP contribution in [-0.4, -0.2) is 68.4 Å². The van der Waals surface area contributed by atoms with Gasteiger partial charge in [-0.05, 0) is 6.92 Å². The number of imide groups is 1. The van der Waals surface area contributed by atoms with Gasteiger partial charge in [0.15, 0.2) is 6.23 Å². The minimum Gasteiger partial charge on any atom is -0.450 e. The molecule has 2 heterocycles. The minimum absolute atomic E-state index is 0.00247. The predicted octanol–water partition coefficient (Wildman–Crippen LogP) is -2.97. The van der Waals surface area contributed by atoms with Gasteiger partial charge in [-0.25, -0.2) is 9.59 Å². The van der Waals surface area contributed by atoms with Crippen LogP contribution < -0.4 is 16.6 Å². The van der Waals surface area contributed by atoms with Crippen LogP contribution in [0.1, 0.15) is 23.5 Å². The number of aliphatic hydroxyl groups excluding tert-OH is 3. The normalized spacial score (nSPS) is 25.6. The van der Waals surface area contributed by atoms with Gasteiger partial charge in [0.1, 0.15) is 23.9 Å². The lowest BCUT2D eigenvalue weighted by Crippen LogP contribution is -2.42. The summed E-state index contributed by atoms with van der Waals surface area (Å²) in [4.78, 5) is 48.8. The molecule has 2 amide bonds. The van der Waals surface area contributed by atoms with Crippen molar-refractivity contribution < 1.29 is 34.4 Å². The number of aromatic nitrogens is 2. The second-order valence-corrected chi connectivity index (χ2v) is 5.11. The van der Waals surface area contributed by atoms with Crippen molar-refractivity contribution in [1.82, 2.24) is 14.9 Å². The molecule has 0 aromatic carbocycles. The molecule has 5 N–H and O–H groups in total. The van der Waals surface area contributed by atoms with Gasteiger partial charge in [-0.1, -0.05) is 0 Å². The van der Waals surface area contributed by atoms with Crippen molar-refractivity contribution in [2.75, 3.05) is 13.2 Å². The lowest BCUT2D eigenvalue weighted by atomic mass is 10.1. The smallest absolute Gasteiger partial charge is 0.414 e. The second-order valence-electron chi connectivity index (χ2n) is 5.11. The molecule has 4 atom stereocenters. The van der Waals surface area contributed by atoms with Gasteiger partial charge in [0.05, 0.1) is 13.2 Å². The van der Waals surface area contributed by atoms with Crippen LogP contribution in [0.5, 0.6) is 0 Å². The van der Waals surface area contributed by atoms with E-state index in [0.29, 0.717) is 4.57 Å². The molecule has 0 bridgehead atoms. The maximum Gasteiger partial charge on any atom is 0.414 e. The number of alkyl carbamates (subject to hydrolysis) is 1. The number of carbonyl (C=O) groups is 2. The largest absolute Gasteiger partial charge is 0.450 e. The molecule has 0 saturated carbocycles. The molecule has 1 aliphatic heterocycles. The van der Waals surface area contributed by atoms with Crippen LogP contribution >= 0.6 is 0 Å². The fourth-order valence-corrected chi connectivity index (χ4v) is 2.27. The lowest BCUT2D eigenvalue weighted by Gasteiger charge is -2.17. The molecule has 12 nitrogen and oxygen atoms in total. The number of hydrogen-bond donors (Lipinski definition) is 5. The summed E-state index contributed by atoms with van der Waals surface area (Å²) < 4.78 is 10.3. The number of nitrogens with one attached hydrogen (secondary N) is 2. The van der Waals surface area contributed by atoms with Crippen molar-refractivity contribution in [3.05, 3.63) is 32.6 Å². The zero-order valence-electron chi connectivity index (χ0n) is 13.0. The first-order valence-electron chi connectivity index (χ1n) is 7.26. The highest BCUT2D eigenvalue weighted by atomic mass is 16.6. The zero-order chi connectivity index (χ0) is 18.7. The molecule has 1 aromatic rings. The number of nitrogens with zero attached hydrogens (tertiary/aromatic N) is 1. The van der Waals surface area contributed by atoms with Gasteiger partial charge >= 0.3 is 11.8 Å². The van der Waals surface area contributed by atoms with Crippen molar-refractivity contribution in [3.8, 4) is 0 Å². The van der Waals surface area contributed by atoms with Crippen LogP contribution in [0.2, 0.25) is 0 Å². The highest BCUT2D eigenvalue weighted by Crippen LogP contribution is 2.27. The molecule has 1 aliphatic rings. The van der Waals surface area contributed by atoms with Crippen LogP contribution in [0, 0.1) is 0 Å². The molecular formula is C13H17N3O9. The first-order valence-corrected chi connectivity index (χ1v) is 7.26. The Hall–Kier alpha value is -2.54. The zero-order valence-corrected chi connectivity index (χ0v) is 13.0. The van der Waals surface area contributed by atoms with Gasteiger partial charge in [-0.15, -0.1) is 0 Å². The third-order valence-electron chi connectivity index (χ3n) is 3.49. The van der Waals surface area contributed by atoms with E-state index in [1.54, 1.807) is 5.32 Å². The van der Waals surface area contributed by atoms with Gasteiger partial charge in [0.25, 0.3) is 11.5 Å². The summed E-state index contributed by atoms with van der Waals surface area (Å²) in [7, 11) is 0. The molecule has 1 fully saturated rings. The topological polar surface area (TPSA) is 180 Å². The summed E-state index contributed by atoms with van der Waals surface area (Å²) in [6.07, 6.45) is -6.00. The van der Waals surface area contributed by atoms with Crippen LogP contribution in [0.3, 0.4) is 0 Å². The van der Waals surface area contributed by atoms with Crippen molar-refractivity contribution in [3.63, 3.8) is 0 Å². The summed E-state index contributed by atoms with van der Waals surface area (Å²) in [5.74, 6) is -1.14. The van der Waals surface area contributed by atoms with E-state index in [9.17, 15) is 29.4 Å². The van der Waals surface area contributed by atoms with Crippen molar-refractivity contribution in [2.45, 2.75) is 31.5 Å².